The molecule has 122 valence electrons. The summed E-state index contributed by atoms with van der Waals surface area (Å²) in [6.07, 6.45) is 0.597. The Balaban J connectivity index is 1.88. The lowest BCUT2D eigenvalue weighted by molar-refractivity contribution is -0.149. The van der Waals surface area contributed by atoms with Crippen LogP contribution in [0, 0.1) is 11.3 Å². The van der Waals surface area contributed by atoms with Crippen molar-refractivity contribution < 1.29 is 14.3 Å². The van der Waals surface area contributed by atoms with E-state index in [1.165, 1.54) is 0 Å². The third-order valence-corrected chi connectivity index (χ3v) is 3.54. The number of nitrogens with one attached hydrogen (secondary N) is 1. The average Bonchev–Trinajstić information content (AvgIpc) is 2.62. The molecule has 0 heterocycles. The van der Waals surface area contributed by atoms with Crippen LogP contribution in [0.15, 0.2) is 54.6 Å². The molecular weight excluding hydrogens is 304 g/mol. The number of benzene rings is 2. The van der Waals surface area contributed by atoms with E-state index >= 15 is 0 Å². The molecule has 0 fully saturated rings. The topological polar surface area (TPSA) is 79.2 Å². The third-order valence-electron chi connectivity index (χ3n) is 3.54. The smallest absolute Gasteiger partial charge is 0.313 e. The van der Waals surface area contributed by atoms with Crippen LogP contribution in [-0.2, 0) is 14.3 Å². The first-order chi connectivity index (χ1) is 11.6. The second kappa shape index (κ2) is 8.49. The van der Waals surface area contributed by atoms with E-state index in [1.807, 2.05) is 43.3 Å². The predicted molar refractivity (Wildman–Crippen MR) is 90.2 cm³/mol. The summed E-state index contributed by atoms with van der Waals surface area (Å²) in [7, 11) is 0. The highest BCUT2D eigenvalue weighted by molar-refractivity contribution is 5.93. The third kappa shape index (κ3) is 4.68. The summed E-state index contributed by atoms with van der Waals surface area (Å²) in [5.74, 6) is -1.22. The molecule has 0 saturated carbocycles. The molecule has 1 N–H and O–H groups in total. The van der Waals surface area contributed by atoms with Crippen molar-refractivity contribution in [3.8, 4) is 6.07 Å². The minimum atomic E-state index is -0.420. The summed E-state index contributed by atoms with van der Waals surface area (Å²) in [5.41, 5.74) is 1.93. The molecule has 5 heteroatoms. The van der Waals surface area contributed by atoms with Crippen LogP contribution < -0.4 is 5.32 Å². The largest absolute Gasteiger partial charge is 0.455 e. The molecule has 0 saturated heterocycles. The number of nitriles is 1. The molecule has 24 heavy (non-hydrogen) atoms. The van der Waals surface area contributed by atoms with Crippen LogP contribution in [0.5, 0.6) is 0 Å². The molecule has 0 bridgehead atoms. The number of amides is 1. The van der Waals surface area contributed by atoms with Crippen molar-refractivity contribution in [2.75, 3.05) is 11.9 Å². The number of esters is 1. The van der Waals surface area contributed by atoms with Gasteiger partial charge in [-0.15, -0.1) is 0 Å². The standard InChI is InChI=1S/C19H18N2O3/c1-2-17(15-6-4-3-5-7-15)19(23)24-13-18(22)21-16-10-8-14(12-20)9-11-16/h3-11,17H,2,13H2,1H3,(H,21,22). The molecule has 0 aliphatic heterocycles. The van der Waals surface area contributed by atoms with Gasteiger partial charge >= 0.3 is 5.97 Å². The van der Waals surface area contributed by atoms with E-state index in [9.17, 15) is 9.59 Å². The zero-order valence-corrected chi connectivity index (χ0v) is 13.4. The second-order valence-electron chi connectivity index (χ2n) is 5.22. The van der Waals surface area contributed by atoms with Crippen molar-refractivity contribution in [2.45, 2.75) is 19.3 Å². The van der Waals surface area contributed by atoms with Gasteiger partial charge in [0.05, 0.1) is 17.6 Å². The van der Waals surface area contributed by atoms with Crippen LogP contribution in [0.25, 0.3) is 0 Å². The predicted octanol–water partition coefficient (Wildman–Crippen LogP) is 3.23. The summed E-state index contributed by atoms with van der Waals surface area (Å²) >= 11 is 0. The van der Waals surface area contributed by atoms with Gasteiger partial charge in [0, 0.05) is 5.69 Å². The fourth-order valence-corrected chi connectivity index (χ4v) is 2.29. The highest BCUT2D eigenvalue weighted by Gasteiger charge is 2.20. The Labute approximate surface area is 140 Å². The van der Waals surface area contributed by atoms with Gasteiger partial charge in [-0.25, -0.2) is 0 Å². The number of anilines is 1. The van der Waals surface area contributed by atoms with E-state index in [4.69, 9.17) is 10.00 Å². The summed E-state index contributed by atoms with van der Waals surface area (Å²) in [6.45, 7) is 1.55. The van der Waals surface area contributed by atoms with E-state index in [1.54, 1.807) is 24.3 Å². The van der Waals surface area contributed by atoms with Gasteiger partial charge in [-0.1, -0.05) is 37.3 Å². The number of ether oxygens (including phenoxy) is 1. The van der Waals surface area contributed by atoms with Crippen molar-refractivity contribution in [3.05, 3.63) is 65.7 Å². The van der Waals surface area contributed by atoms with Crippen molar-refractivity contribution in [1.82, 2.24) is 0 Å². The molecule has 1 unspecified atom stereocenters. The van der Waals surface area contributed by atoms with Crippen LogP contribution in [0.3, 0.4) is 0 Å². The molecule has 1 amide bonds. The van der Waals surface area contributed by atoms with Crippen LogP contribution in [0.1, 0.15) is 30.4 Å². The van der Waals surface area contributed by atoms with E-state index in [2.05, 4.69) is 5.32 Å². The maximum absolute atomic E-state index is 12.2. The number of carbonyl (C=O) groups is 2. The monoisotopic (exact) mass is 322 g/mol. The Morgan fingerprint density at radius 2 is 1.79 bits per heavy atom. The molecular formula is C19H18N2O3. The summed E-state index contributed by atoms with van der Waals surface area (Å²) in [4.78, 5) is 24.0. The van der Waals surface area contributed by atoms with Gasteiger partial charge in [-0.3, -0.25) is 9.59 Å². The highest BCUT2D eigenvalue weighted by Crippen LogP contribution is 2.20. The zero-order valence-electron chi connectivity index (χ0n) is 13.4. The maximum Gasteiger partial charge on any atom is 0.313 e. The molecule has 2 rings (SSSR count). The average molecular weight is 322 g/mol. The fourth-order valence-electron chi connectivity index (χ4n) is 2.29. The van der Waals surface area contributed by atoms with Gasteiger partial charge in [-0.2, -0.15) is 5.26 Å². The molecule has 0 aromatic heterocycles. The van der Waals surface area contributed by atoms with Gasteiger partial charge in [0.25, 0.3) is 5.91 Å². The Morgan fingerprint density at radius 1 is 1.12 bits per heavy atom. The molecule has 5 nitrogen and oxygen atoms in total. The van der Waals surface area contributed by atoms with Crippen molar-refractivity contribution >= 4 is 17.6 Å². The number of nitrogens with zero attached hydrogens (tertiary/aromatic N) is 1. The maximum atomic E-state index is 12.2. The van der Waals surface area contributed by atoms with E-state index in [0.717, 1.165) is 5.56 Å². The Bertz CT molecular complexity index is 733. The molecule has 0 radical (unpaired) electrons. The minimum Gasteiger partial charge on any atom is -0.455 e. The first-order valence-electron chi connectivity index (χ1n) is 7.65. The zero-order chi connectivity index (χ0) is 17.4. The lowest BCUT2D eigenvalue weighted by atomic mass is 9.97. The van der Waals surface area contributed by atoms with Gasteiger partial charge < -0.3 is 10.1 Å². The highest BCUT2D eigenvalue weighted by atomic mass is 16.5. The molecule has 2 aromatic rings. The lowest BCUT2D eigenvalue weighted by Crippen LogP contribution is -2.23. The van der Waals surface area contributed by atoms with E-state index < -0.39 is 11.9 Å². The van der Waals surface area contributed by atoms with Crippen LogP contribution in [-0.4, -0.2) is 18.5 Å². The molecule has 0 aliphatic carbocycles. The van der Waals surface area contributed by atoms with Gasteiger partial charge in [0.2, 0.25) is 0 Å². The summed E-state index contributed by atoms with van der Waals surface area (Å²) < 4.78 is 5.13. The molecule has 0 aliphatic rings. The van der Waals surface area contributed by atoms with Crippen LogP contribution in [0.4, 0.5) is 5.69 Å². The van der Waals surface area contributed by atoms with Gasteiger partial charge in [-0.05, 0) is 36.2 Å². The van der Waals surface area contributed by atoms with E-state index in [-0.39, 0.29) is 12.5 Å². The Hall–Kier alpha value is -3.13. The lowest BCUT2D eigenvalue weighted by Gasteiger charge is -2.14. The first kappa shape index (κ1) is 17.2. The normalized spacial score (nSPS) is 11.2. The number of rotatable bonds is 6. The van der Waals surface area contributed by atoms with Crippen molar-refractivity contribution in [1.29, 1.82) is 5.26 Å². The first-order valence-corrected chi connectivity index (χ1v) is 7.65. The van der Waals surface area contributed by atoms with Crippen LogP contribution in [0.2, 0.25) is 0 Å². The molecule has 0 spiro atoms. The van der Waals surface area contributed by atoms with Crippen molar-refractivity contribution in [2.24, 2.45) is 0 Å². The van der Waals surface area contributed by atoms with E-state index in [0.29, 0.717) is 17.7 Å². The summed E-state index contributed by atoms with van der Waals surface area (Å²) in [5, 5.41) is 11.3. The van der Waals surface area contributed by atoms with Gasteiger partial charge in [0.1, 0.15) is 0 Å². The number of carbonyl (C=O) groups excluding carboxylic acids is 2. The van der Waals surface area contributed by atoms with Crippen LogP contribution >= 0.6 is 0 Å². The Kier molecular flexibility index (Phi) is 6.09. The number of hydrogen-bond acceptors (Lipinski definition) is 4. The SMILES string of the molecule is CCC(C(=O)OCC(=O)Nc1ccc(C#N)cc1)c1ccccc1. The number of hydrogen-bond donors (Lipinski definition) is 1. The minimum absolute atomic E-state index is 0.345. The second-order valence-corrected chi connectivity index (χ2v) is 5.22. The van der Waals surface area contributed by atoms with Gasteiger partial charge in [0.15, 0.2) is 6.61 Å². The van der Waals surface area contributed by atoms with Crippen molar-refractivity contribution in [3.63, 3.8) is 0 Å². The fraction of sp³-hybridized carbons (Fsp3) is 0.211. The summed E-state index contributed by atoms with van der Waals surface area (Å²) in [6, 6.07) is 17.8. The Morgan fingerprint density at radius 3 is 2.38 bits per heavy atom. The quantitative estimate of drug-likeness (QED) is 0.828. The molecule has 2 aromatic carbocycles. The molecule has 1 atom stereocenters.